The Kier molecular flexibility index (Phi) is 4.21. The molecule has 19 heavy (non-hydrogen) atoms. The molecule has 0 amide bonds. The van der Waals surface area contributed by atoms with E-state index in [-0.39, 0.29) is 16.2 Å². The molecule has 0 heterocycles. The summed E-state index contributed by atoms with van der Waals surface area (Å²) in [5.74, 6) is -0.448. The highest BCUT2D eigenvalue weighted by molar-refractivity contribution is 7.89. The molecule has 1 rings (SSSR count). The van der Waals surface area contributed by atoms with Crippen LogP contribution in [0.4, 0.5) is 0 Å². The zero-order chi connectivity index (χ0) is 14.8. The Balaban J connectivity index is 3.28. The van der Waals surface area contributed by atoms with Gasteiger partial charge in [-0.25, -0.2) is 18.4 Å². The molecule has 0 spiro atoms. The minimum atomic E-state index is -3.89. The molecule has 0 aliphatic heterocycles. The normalized spacial score (nSPS) is 12.1. The Morgan fingerprint density at radius 3 is 2.26 bits per heavy atom. The molecule has 0 atom stereocenters. The summed E-state index contributed by atoms with van der Waals surface area (Å²) >= 11 is 0. The number of hydrogen-bond acceptors (Lipinski definition) is 5. The van der Waals surface area contributed by atoms with Crippen molar-refractivity contribution in [2.75, 3.05) is 7.11 Å². The maximum absolute atomic E-state index is 12.0. The molecule has 1 aromatic carbocycles. The predicted octanol–water partition coefficient (Wildman–Crippen LogP) is 1.30. The van der Waals surface area contributed by atoms with Crippen LogP contribution in [0, 0.1) is 0 Å². The van der Waals surface area contributed by atoms with Crippen molar-refractivity contribution in [1.82, 2.24) is 0 Å². The van der Waals surface area contributed by atoms with Crippen LogP contribution in [-0.4, -0.2) is 27.1 Å². The Hall–Kier alpha value is -1.60. The molecule has 2 N–H and O–H groups in total. The molecule has 6 nitrogen and oxygen atoms in total. The minimum Gasteiger partial charge on any atom is -0.496 e. The highest BCUT2D eigenvalue weighted by Crippen LogP contribution is 2.24. The van der Waals surface area contributed by atoms with Crippen LogP contribution < -0.4 is 9.88 Å². The van der Waals surface area contributed by atoms with Crippen LogP contribution in [0.5, 0.6) is 5.75 Å². The topological polar surface area (TPSA) is 95.7 Å². The van der Waals surface area contributed by atoms with Crippen LogP contribution in [0.15, 0.2) is 23.1 Å². The van der Waals surface area contributed by atoms with Gasteiger partial charge in [0.2, 0.25) is 10.0 Å². The number of esters is 1. The van der Waals surface area contributed by atoms with E-state index < -0.39 is 21.6 Å². The molecule has 0 saturated heterocycles. The number of carbonyl (C=O) groups is 1. The number of rotatable bonds is 3. The van der Waals surface area contributed by atoms with E-state index in [1.807, 2.05) is 0 Å². The zero-order valence-corrected chi connectivity index (χ0v) is 12.1. The summed E-state index contributed by atoms with van der Waals surface area (Å²) in [7, 11) is -2.52. The molecule has 1 aromatic rings. The summed E-state index contributed by atoms with van der Waals surface area (Å²) < 4.78 is 32.7. The van der Waals surface area contributed by atoms with Gasteiger partial charge in [0.05, 0.1) is 12.0 Å². The summed E-state index contributed by atoms with van der Waals surface area (Å²) in [5, 5.41) is 5.02. The van der Waals surface area contributed by atoms with Crippen molar-refractivity contribution in [3.05, 3.63) is 23.8 Å². The highest BCUT2D eigenvalue weighted by Gasteiger charge is 2.23. The molecule has 106 valence electrons. The van der Waals surface area contributed by atoms with Crippen molar-refractivity contribution in [1.29, 1.82) is 0 Å². The molecule has 0 aliphatic rings. The van der Waals surface area contributed by atoms with Gasteiger partial charge in [-0.05, 0) is 39.0 Å². The molecule has 0 bridgehead atoms. The predicted molar refractivity (Wildman–Crippen MR) is 69.5 cm³/mol. The second-order valence-corrected chi connectivity index (χ2v) is 6.47. The first-order chi connectivity index (χ1) is 8.54. The average molecular weight is 287 g/mol. The van der Waals surface area contributed by atoms with Crippen molar-refractivity contribution in [2.45, 2.75) is 31.3 Å². The number of sulfonamides is 1. The summed E-state index contributed by atoms with van der Waals surface area (Å²) in [4.78, 5) is 11.8. The Morgan fingerprint density at radius 2 is 1.84 bits per heavy atom. The maximum atomic E-state index is 12.0. The summed E-state index contributed by atoms with van der Waals surface area (Å²) in [6.07, 6.45) is 0. The number of carbonyl (C=O) groups excluding carboxylic acids is 1. The summed E-state index contributed by atoms with van der Waals surface area (Å²) in [6.45, 7) is 5.13. The third-order valence-corrected chi connectivity index (χ3v) is 3.03. The van der Waals surface area contributed by atoms with Crippen LogP contribution in [0.1, 0.15) is 31.1 Å². The number of ether oxygens (including phenoxy) is 2. The van der Waals surface area contributed by atoms with Crippen LogP contribution in [0.3, 0.4) is 0 Å². The van der Waals surface area contributed by atoms with Gasteiger partial charge >= 0.3 is 5.97 Å². The Morgan fingerprint density at radius 1 is 1.26 bits per heavy atom. The van der Waals surface area contributed by atoms with E-state index in [1.54, 1.807) is 20.8 Å². The number of benzene rings is 1. The Labute approximate surface area is 112 Å². The zero-order valence-electron chi connectivity index (χ0n) is 11.3. The van der Waals surface area contributed by atoms with Gasteiger partial charge in [-0.2, -0.15) is 0 Å². The van der Waals surface area contributed by atoms with Gasteiger partial charge in [0.25, 0.3) is 0 Å². The van der Waals surface area contributed by atoms with Crippen molar-refractivity contribution >= 4 is 16.0 Å². The molecular weight excluding hydrogens is 270 g/mol. The van der Waals surface area contributed by atoms with Crippen LogP contribution in [0.25, 0.3) is 0 Å². The fourth-order valence-corrected chi connectivity index (χ4v) is 1.90. The van der Waals surface area contributed by atoms with Gasteiger partial charge in [-0.1, -0.05) is 0 Å². The first-order valence-electron chi connectivity index (χ1n) is 5.49. The van der Waals surface area contributed by atoms with Crippen LogP contribution in [0.2, 0.25) is 0 Å². The largest absolute Gasteiger partial charge is 0.496 e. The second kappa shape index (κ2) is 5.18. The third-order valence-electron chi connectivity index (χ3n) is 2.12. The van der Waals surface area contributed by atoms with E-state index in [9.17, 15) is 13.2 Å². The van der Waals surface area contributed by atoms with Crippen molar-refractivity contribution in [3.63, 3.8) is 0 Å². The lowest BCUT2D eigenvalue weighted by Crippen LogP contribution is -2.24. The molecule has 0 aromatic heterocycles. The standard InChI is InChI=1S/C12H17NO5S/c1-12(2,3)18-11(14)9-7-8(19(13,15)16)5-6-10(9)17-4/h5-7H,1-4H3,(H2,13,15,16). The fourth-order valence-electron chi connectivity index (χ4n) is 1.36. The van der Waals surface area contributed by atoms with E-state index in [4.69, 9.17) is 14.6 Å². The monoisotopic (exact) mass is 287 g/mol. The lowest BCUT2D eigenvalue weighted by atomic mass is 10.1. The van der Waals surface area contributed by atoms with Gasteiger partial charge in [0, 0.05) is 0 Å². The van der Waals surface area contributed by atoms with Crippen LogP contribution >= 0.6 is 0 Å². The molecule has 0 fully saturated rings. The first kappa shape index (κ1) is 15.5. The molecule has 0 unspecified atom stereocenters. The highest BCUT2D eigenvalue weighted by atomic mass is 32.2. The van der Waals surface area contributed by atoms with Gasteiger partial charge < -0.3 is 9.47 Å². The molecule has 7 heteroatoms. The fraction of sp³-hybridized carbons (Fsp3) is 0.417. The maximum Gasteiger partial charge on any atom is 0.342 e. The minimum absolute atomic E-state index is 0.0175. The van der Waals surface area contributed by atoms with Gasteiger partial charge in [-0.15, -0.1) is 0 Å². The van der Waals surface area contributed by atoms with Crippen molar-refractivity contribution in [3.8, 4) is 5.75 Å². The molecule has 0 radical (unpaired) electrons. The number of primary sulfonamides is 1. The van der Waals surface area contributed by atoms with E-state index in [2.05, 4.69) is 0 Å². The van der Waals surface area contributed by atoms with Crippen molar-refractivity contribution in [2.24, 2.45) is 5.14 Å². The first-order valence-corrected chi connectivity index (χ1v) is 7.03. The molecule has 0 saturated carbocycles. The van der Waals surface area contributed by atoms with Gasteiger partial charge in [0.1, 0.15) is 16.9 Å². The number of methoxy groups -OCH3 is 1. The number of nitrogens with two attached hydrogens (primary N) is 1. The van der Waals surface area contributed by atoms with E-state index in [1.165, 1.54) is 19.2 Å². The third kappa shape index (κ3) is 4.22. The second-order valence-electron chi connectivity index (χ2n) is 4.91. The van der Waals surface area contributed by atoms with E-state index in [0.29, 0.717) is 0 Å². The van der Waals surface area contributed by atoms with Gasteiger partial charge in [-0.3, -0.25) is 0 Å². The Bertz CT molecular complexity index is 587. The SMILES string of the molecule is COc1ccc(S(N)(=O)=O)cc1C(=O)OC(C)(C)C. The smallest absolute Gasteiger partial charge is 0.342 e. The number of hydrogen-bond donors (Lipinski definition) is 1. The average Bonchev–Trinajstić information content (AvgIpc) is 2.24. The molecule has 0 aliphatic carbocycles. The quantitative estimate of drug-likeness (QED) is 0.845. The summed E-state index contributed by atoms with van der Waals surface area (Å²) in [6, 6.07) is 3.77. The lowest BCUT2D eigenvalue weighted by Gasteiger charge is -2.20. The van der Waals surface area contributed by atoms with Crippen LogP contribution in [-0.2, 0) is 14.8 Å². The van der Waals surface area contributed by atoms with E-state index in [0.717, 1.165) is 6.07 Å². The van der Waals surface area contributed by atoms with E-state index >= 15 is 0 Å². The summed E-state index contributed by atoms with van der Waals surface area (Å²) in [5.41, 5.74) is -0.677. The van der Waals surface area contributed by atoms with Crippen molar-refractivity contribution < 1.29 is 22.7 Å². The molecular formula is C12H17NO5S. The lowest BCUT2D eigenvalue weighted by molar-refractivity contribution is 0.00662. The van der Waals surface area contributed by atoms with Gasteiger partial charge in [0.15, 0.2) is 0 Å².